The fourth-order valence-electron chi connectivity index (χ4n) is 1.59. The van der Waals surface area contributed by atoms with Crippen LogP contribution in [0.2, 0.25) is 0 Å². The molecule has 16 heavy (non-hydrogen) atoms. The van der Waals surface area contributed by atoms with Gasteiger partial charge in [0.25, 0.3) is 0 Å². The standard InChI is InChI=1S/C11H22N2O3/c1-3-15-7-5-13(2)11(14)8-10-9-16-6-4-12-10/h10,12H,3-9H2,1-2H3. The van der Waals surface area contributed by atoms with Crippen molar-refractivity contribution >= 4 is 5.91 Å². The summed E-state index contributed by atoms with van der Waals surface area (Å²) < 4.78 is 10.5. The summed E-state index contributed by atoms with van der Waals surface area (Å²) in [6, 6.07) is 0.163. The van der Waals surface area contributed by atoms with E-state index >= 15 is 0 Å². The summed E-state index contributed by atoms with van der Waals surface area (Å²) >= 11 is 0. The first-order valence-electron chi connectivity index (χ1n) is 5.87. The van der Waals surface area contributed by atoms with Crippen molar-refractivity contribution in [2.75, 3.05) is 46.6 Å². The molecule has 0 aromatic rings. The largest absolute Gasteiger partial charge is 0.380 e. The van der Waals surface area contributed by atoms with Crippen LogP contribution in [0, 0.1) is 0 Å². The van der Waals surface area contributed by atoms with Gasteiger partial charge in [-0.2, -0.15) is 0 Å². The average molecular weight is 230 g/mol. The third kappa shape index (κ3) is 4.92. The van der Waals surface area contributed by atoms with Crippen LogP contribution in [0.15, 0.2) is 0 Å². The van der Waals surface area contributed by atoms with E-state index in [2.05, 4.69) is 5.32 Å². The summed E-state index contributed by atoms with van der Waals surface area (Å²) in [6.45, 7) is 6.11. The van der Waals surface area contributed by atoms with Crippen LogP contribution in [0.1, 0.15) is 13.3 Å². The fourth-order valence-corrected chi connectivity index (χ4v) is 1.59. The molecule has 1 rings (SSSR count). The zero-order chi connectivity index (χ0) is 11.8. The van der Waals surface area contributed by atoms with Gasteiger partial charge < -0.3 is 19.7 Å². The van der Waals surface area contributed by atoms with Crippen LogP contribution in [-0.4, -0.2) is 63.4 Å². The Hall–Kier alpha value is -0.650. The molecule has 1 aliphatic rings. The minimum absolute atomic E-state index is 0.141. The first kappa shape index (κ1) is 13.4. The zero-order valence-corrected chi connectivity index (χ0v) is 10.2. The van der Waals surface area contributed by atoms with E-state index in [1.165, 1.54) is 0 Å². The lowest BCUT2D eigenvalue weighted by Gasteiger charge is -2.25. The molecule has 0 aromatic heterocycles. The van der Waals surface area contributed by atoms with Gasteiger partial charge in [0.05, 0.1) is 19.8 Å². The van der Waals surface area contributed by atoms with E-state index in [0.717, 1.165) is 13.2 Å². The van der Waals surface area contributed by atoms with E-state index in [1.807, 2.05) is 14.0 Å². The molecular weight excluding hydrogens is 208 g/mol. The molecule has 0 radical (unpaired) electrons. The minimum Gasteiger partial charge on any atom is -0.380 e. The van der Waals surface area contributed by atoms with Crippen molar-refractivity contribution in [3.8, 4) is 0 Å². The molecule has 1 aliphatic heterocycles. The molecule has 1 fully saturated rings. The molecule has 1 saturated heterocycles. The van der Waals surface area contributed by atoms with E-state index in [4.69, 9.17) is 9.47 Å². The highest BCUT2D eigenvalue weighted by atomic mass is 16.5. The second-order valence-corrected chi connectivity index (χ2v) is 3.94. The van der Waals surface area contributed by atoms with Crippen LogP contribution in [0.25, 0.3) is 0 Å². The zero-order valence-electron chi connectivity index (χ0n) is 10.2. The maximum atomic E-state index is 11.8. The summed E-state index contributed by atoms with van der Waals surface area (Å²) in [6.07, 6.45) is 0.503. The number of hydrogen-bond acceptors (Lipinski definition) is 4. The van der Waals surface area contributed by atoms with Gasteiger partial charge >= 0.3 is 0 Å². The number of carbonyl (C=O) groups is 1. The van der Waals surface area contributed by atoms with E-state index in [1.54, 1.807) is 4.90 Å². The lowest BCUT2D eigenvalue weighted by Crippen LogP contribution is -2.44. The lowest BCUT2D eigenvalue weighted by atomic mass is 10.2. The molecule has 0 spiro atoms. The van der Waals surface area contributed by atoms with Crippen molar-refractivity contribution < 1.29 is 14.3 Å². The highest BCUT2D eigenvalue weighted by molar-refractivity contribution is 5.76. The van der Waals surface area contributed by atoms with Crippen molar-refractivity contribution in [1.82, 2.24) is 10.2 Å². The predicted molar refractivity (Wildman–Crippen MR) is 61.4 cm³/mol. The molecule has 94 valence electrons. The smallest absolute Gasteiger partial charge is 0.224 e. The lowest BCUT2D eigenvalue weighted by molar-refractivity contribution is -0.131. The van der Waals surface area contributed by atoms with Crippen LogP contribution in [0.5, 0.6) is 0 Å². The van der Waals surface area contributed by atoms with E-state index < -0.39 is 0 Å². The Kier molecular flexibility index (Phi) is 6.37. The molecular formula is C11H22N2O3. The predicted octanol–water partition coefficient (Wildman–Crippen LogP) is -0.140. The van der Waals surface area contributed by atoms with E-state index in [-0.39, 0.29) is 11.9 Å². The minimum atomic E-state index is 0.141. The molecule has 1 amide bonds. The number of amides is 1. The number of morpholine rings is 1. The number of rotatable bonds is 6. The molecule has 1 N–H and O–H groups in total. The van der Waals surface area contributed by atoms with E-state index in [0.29, 0.717) is 32.8 Å². The Bertz CT molecular complexity index is 205. The van der Waals surface area contributed by atoms with Crippen molar-refractivity contribution in [1.29, 1.82) is 0 Å². The Morgan fingerprint density at radius 2 is 2.44 bits per heavy atom. The van der Waals surface area contributed by atoms with Crippen molar-refractivity contribution in [2.24, 2.45) is 0 Å². The molecule has 5 nitrogen and oxygen atoms in total. The highest BCUT2D eigenvalue weighted by Gasteiger charge is 2.18. The third-order valence-corrected chi connectivity index (χ3v) is 2.62. The van der Waals surface area contributed by atoms with Gasteiger partial charge in [-0.15, -0.1) is 0 Å². The topological polar surface area (TPSA) is 50.8 Å². The highest BCUT2D eigenvalue weighted by Crippen LogP contribution is 2.01. The number of nitrogens with one attached hydrogen (secondary N) is 1. The number of likely N-dealkylation sites (N-methyl/N-ethyl adjacent to an activating group) is 1. The fraction of sp³-hybridized carbons (Fsp3) is 0.909. The Morgan fingerprint density at radius 3 is 3.06 bits per heavy atom. The molecule has 1 heterocycles. The first-order valence-corrected chi connectivity index (χ1v) is 5.87. The van der Waals surface area contributed by atoms with Crippen LogP contribution >= 0.6 is 0 Å². The van der Waals surface area contributed by atoms with Crippen molar-refractivity contribution in [2.45, 2.75) is 19.4 Å². The SMILES string of the molecule is CCOCCN(C)C(=O)CC1COCCN1. The molecule has 0 saturated carbocycles. The normalized spacial score (nSPS) is 20.8. The van der Waals surface area contributed by atoms with Crippen LogP contribution in [0.3, 0.4) is 0 Å². The van der Waals surface area contributed by atoms with E-state index in [9.17, 15) is 4.79 Å². The van der Waals surface area contributed by atoms with Gasteiger partial charge in [-0.05, 0) is 6.92 Å². The summed E-state index contributed by atoms with van der Waals surface area (Å²) in [7, 11) is 1.81. The molecule has 1 atom stereocenters. The maximum absolute atomic E-state index is 11.8. The van der Waals surface area contributed by atoms with Crippen molar-refractivity contribution in [3.05, 3.63) is 0 Å². The Balaban J connectivity index is 2.16. The molecule has 0 aliphatic carbocycles. The number of ether oxygens (including phenoxy) is 2. The van der Waals surface area contributed by atoms with Gasteiger partial charge in [0, 0.05) is 39.2 Å². The van der Waals surface area contributed by atoms with Gasteiger partial charge in [-0.3, -0.25) is 4.79 Å². The Morgan fingerprint density at radius 1 is 1.62 bits per heavy atom. The first-order chi connectivity index (χ1) is 7.74. The van der Waals surface area contributed by atoms with Gasteiger partial charge in [-0.25, -0.2) is 0 Å². The number of carbonyl (C=O) groups excluding carboxylic acids is 1. The second kappa shape index (κ2) is 7.60. The van der Waals surface area contributed by atoms with Gasteiger partial charge in [-0.1, -0.05) is 0 Å². The van der Waals surface area contributed by atoms with Crippen LogP contribution < -0.4 is 5.32 Å². The van der Waals surface area contributed by atoms with Gasteiger partial charge in [0.1, 0.15) is 0 Å². The van der Waals surface area contributed by atoms with Crippen molar-refractivity contribution in [3.63, 3.8) is 0 Å². The third-order valence-electron chi connectivity index (χ3n) is 2.62. The number of nitrogens with zero attached hydrogens (tertiary/aromatic N) is 1. The molecule has 1 unspecified atom stereocenters. The Labute approximate surface area is 97.1 Å². The number of hydrogen-bond donors (Lipinski definition) is 1. The maximum Gasteiger partial charge on any atom is 0.224 e. The summed E-state index contributed by atoms with van der Waals surface area (Å²) in [5, 5.41) is 3.27. The molecule has 0 bridgehead atoms. The summed E-state index contributed by atoms with van der Waals surface area (Å²) in [5.74, 6) is 0.141. The summed E-state index contributed by atoms with van der Waals surface area (Å²) in [4.78, 5) is 13.5. The average Bonchev–Trinajstić information content (AvgIpc) is 2.30. The molecule has 0 aromatic carbocycles. The second-order valence-electron chi connectivity index (χ2n) is 3.94. The van der Waals surface area contributed by atoms with Gasteiger partial charge in [0.15, 0.2) is 0 Å². The van der Waals surface area contributed by atoms with Crippen LogP contribution in [-0.2, 0) is 14.3 Å². The van der Waals surface area contributed by atoms with Gasteiger partial charge in [0.2, 0.25) is 5.91 Å². The monoisotopic (exact) mass is 230 g/mol. The summed E-state index contributed by atoms with van der Waals surface area (Å²) in [5.41, 5.74) is 0. The quantitative estimate of drug-likeness (QED) is 0.645. The molecule has 5 heteroatoms. The van der Waals surface area contributed by atoms with Crippen LogP contribution in [0.4, 0.5) is 0 Å².